The topological polar surface area (TPSA) is 69.6 Å². The lowest BCUT2D eigenvalue weighted by atomic mass is 10.0. The summed E-state index contributed by atoms with van der Waals surface area (Å²) >= 11 is 0. The van der Waals surface area contributed by atoms with Crippen LogP contribution in [0.1, 0.15) is 19.8 Å². The van der Waals surface area contributed by atoms with Gasteiger partial charge in [-0.05, 0) is 25.8 Å². The highest BCUT2D eigenvalue weighted by Crippen LogP contribution is 2.24. The number of carbonyl (C=O) groups is 2. The van der Waals surface area contributed by atoms with Gasteiger partial charge in [-0.2, -0.15) is 0 Å². The standard InChI is InChI=1S/C10H16N2O3/c1-6(13)7-2-3-12(5-7)8-4-9(14)11-10(8)15/h6-8,13H,2-5H2,1H3,(H,11,14,15). The summed E-state index contributed by atoms with van der Waals surface area (Å²) in [5.41, 5.74) is 0. The second-order valence-electron chi connectivity index (χ2n) is 4.42. The highest BCUT2D eigenvalue weighted by atomic mass is 16.3. The van der Waals surface area contributed by atoms with Gasteiger partial charge in [0.1, 0.15) is 0 Å². The number of imide groups is 1. The molecule has 0 radical (unpaired) electrons. The van der Waals surface area contributed by atoms with Crippen molar-refractivity contribution >= 4 is 11.8 Å². The van der Waals surface area contributed by atoms with E-state index in [2.05, 4.69) is 5.32 Å². The van der Waals surface area contributed by atoms with Crippen LogP contribution in [0.3, 0.4) is 0 Å². The van der Waals surface area contributed by atoms with E-state index in [9.17, 15) is 14.7 Å². The summed E-state index contributed by atoms with van der Waals surface area (Å²) < 4.78 is 0. The van der Waals surface area contributed by atoms with E-state index in [4.69, 9.17) is 0 Å². The van der Waals surface area contributed by atoms with E-state index in [-0.39, 0.29) is 36.3 Å². The maximum absolute atomic E-state index is 11.4. The lowest BCUT2D eigenvalue weighted by Crippen LogP contribution is -2.39. The second-order valence-corrected chi connectivity index (χ2v) is 4.42. The van der Waals surface area contributed by atoms with E-state index < -0.39 is 0 Å². The first kappa shape index (κ1) is 10.6. The first-order chi connectivity index (χ1) is 7.08. The predicted octanol–water partition coefficient (Wildman–Crippen LogP) is -0.896. The predicted molar refractivity (Wildman–Crippen MR) is 52.9 cm³/mol. The van der Waals surface area contributed by atoms with E-state index in [0.717, 1.165) is 13.0 Å². The fraction of sp³-hybridized carbons (Fsp3) is 0.800. The molecule has 0 saturated carbocycles. The molecule has 0 aromatic heterocycles. The van der Waals surface area contributed by atoms with Gasteiger partial charge in [-0.15, -0.1) is 0 Å². The van der Waals surface area contributed by atoms with Crippen molar-refractivity contribution in [3.8, 4) is 0 Å². The lowest BCUT2D eigenvalue weighted by Gasteiger charge is -2.21. The van der Waals surface area contributed by atoms with Gasteiger partial charge in [0.15, 0.2) is 0 Å². The molecule has 2 saturated heterocycles. The number of amides is 2. The average Bonchev–Trinajstić information content (AvgIpc) is 2.71. The molecule has 3 unspecified atom stereocenters. The summed E-state index contributed by atoms with van der Waals surface area (Å²) in [6, 6.07) is -0.304. The maximum atomic E-state index is 11.4. The molecule has 0 aromatic carbocycles. The Morgan fingerprint density at radius 3 is 2.73 bits per heavy atom. The van der Waals surface area contributed by atoms with E-state index in [0.29, 0.717) is 6.54 Å². The largest absolute Gasteiger partial charge is 0.393 e. The number of rotatable bonds is 2. The fourth-order valence-corrected chi connectivity index (χ4v) is 2.33. The van der Waals surface area contributed by atoms with Gasteiger partial charge < -0.3 is 5.11 Å². The Kier molecular flexibility index (Phi) is 2.75. The minimum Gasteiger partial charge on any atom is -0.393 e. The molecule has 0 spiro atoms. The monoisotopic (exact) mass is 212 g/mol. The molecule has 2 aliphatic rings. The quantitative estimate of drug-likeness (QED) is 0.582. The van der Waals surface area contributed by atoms with Crippen LogP contribution < -0.4 is 5.32 Å². The molecule has 15 heavy (non-hydrogen) atoms. The minimum absolute atomic E-state index is 0.189. The van der Waals surface area contributed by atoms with Gasteiger partial charge in [0.05, 0.1) is 18.6 Å². The summed E-state index contributed by atoms with van der Waals surface area (Å²) in [5.74, 6) is -0.148. The van der Waals surface area contributed by atoms with Crippen LogP contribution >= 0.6 is 0 Å². The normalized spacial score (nSPS) is 34.5. The smallest absolute Gasteiger partial charge is 0.244 e. The molecule has 84 valence electrons. The van der Waals surface area contributed by atoms with Crippen molar-refractivity contribution in [2.24, 2.45) is 5.92 Å². The molecule has 2 amide bonds. The first-order valence-corrected chi connectivity index (χ1v) is 5.33. The van der Waals surface area contributed by atoms with Crippen LogP contribution in [0, 0.1) is 5.92 Å². The molecule has 2 heterocycles. The van der Waals surface area contributed by atoms with Gasteiger partial charge in [-0.25, -0.2) is 0 Å². The molecular formula is C10H16N2O3. The van der Waals surface area contributed by atoms with Crippen molar-refractivity contribution in [1.29, 1.82) is 0 Å². The summed E-state index contributed by atoms with van der Waals surface area (Å²) in [6.07, 6.45) is 0.830. The molecule has 0 bridgehead atoms. The van der Waals surface area contributed by atoms with E-state index in [1.807, 2.05) is 4.90 Å². The van der Waals surface area contributed by atoms with Crippen LogP contribution in [0.25, 0.3) is 0 Å². The molecule has 0 aromatic rings. The third-order valence-corrected chi connectivity index (χ3v) is 3.32. The number of carbonyl (C=O) groups excluding carboxylic acids is 2. The zero-order chi connectivity index (χ0) is 11.0. The molecule has 5 nitrogen and oxygen atoms in total. The van der Waals surface area contributed by atoms with Crippen molar-refractivity contribution in [1.82, 2.24) is 10.2 Å². The van der Waals surface area contributed by atoms with Crippen LogP contribution in [-0.4, -0.2) is 47.1 Å². The van der Waals surface area contributed by atoms with Gasteiger partial charge in [0, 0.05) is 6.54 Å². The highest BCUT2D eigenvalue weighted by molar-refractivity contribution is 6.05. The van der Waals surface area contributed by atoms with Crippen molar-refractivity contribution in [2.45, 2.75) is 31.9 Å². The first-order valence-electron chi connectivity index (χ1n) is 5.33. The average molecular weight is 212 g/mol. The maximum Gasteiger partial charge on any atom is 0.244 e. The summed E-state index contributed by atoms with van der Waals surface area (Å²) in [4.78, 5) is 24.4. The Balaban J connectivity index is 1.96. The summed E-state index contributed by atoms with van der Waals surface area (Å²) in [6.45, 7) is 3.28. The van der Waals surface area contributed by atoms with Gasteiger partial charge >= 0.3 is 0 Å². The van der Waals surface area contributed by atoms with Gasteiger partial charge in [0.2, 0.25) is 11.8 Å². The second kappa shape index (κ2) is 3.90. The third-order valence-electron chi connectivity index (χ3n) is 3.32. The minimum atomic E-state index is -0.338. The zero-order valence-corrected chi connectivity index (χ0v) is 8.77. The summed E-state index contributed by atoms with van der Waals surface area (Å²) in [7, 11) is 0. The SMILES string of the molecule is CC(O)C1CCN(C2CC(=O)NC2=O)C1. The molecule has 2 rings (SSSR count). The van der Waals surface area contributed by atoms with E-state index in [1.54, 1.807) is 6.92 Å². The van der Waals surface area contributed by atoms with Crippen LogP contribution in [0.4, 0.5) is 0 Å². The van der Waals surface area contributed by atoms with Gasteiger partial charge in [-0.3, -0.25) is 19.8 Å². The van der Waals surface area contributed by atoms with Crippen molar-refractivity contribution < 1.29 is 14.7 Å². The summed E-state index contributed by atoms with van der Waals surface area (Å²) in [5, 5.41) is 11.7. The Hall–Kier alpha value is -0.940. The van der Waals surface area contributed by atoms with Crippen molar-refractivity contribution in [2.75, 3.05) is 13.1 Å². The van der Waals surface area contributed by atoms with Crippen LogP contribution in [0.2, 0.25) is 0 Å². The molecule has 3 atom stereocenters. The number of aliphatic hydroxyl groups excluding tert-OH is 1. The van der Waals surface area contributed by atoms with Crippen LogP contribution in [0.5, 0.6) is 0 Å². The molecule has 0 aliphatic carbocycles. The van der Waals surface area contributed by atoms with E-state index in [1.165, 1.54) is 0 Å². The third kappa shape index (κ3) is 2.03. The van der Waals surface area contributed by atoms with Crippen molar-refractivity contribution in [3.63, 3.8) is 0 Å². The molecule has 5 heteroatoms. The van der Waals surface area contributed by atoms with Crippen LogP contribution in [0.15, 0.2) is 0 Å². The number of likely N-dealkylation sites (tertiary alicyclic amines) is 1. The number of nitrogens with zero attached hydrogens (tertiary/aromatic N) is 1. The van der Waals surface area contributed by atoms with E-state index >= 15 is 0 Å². The van der Waals surface area contributed by atoms with Gasteiger partial charge in [-0.1, -0.05) is 0 Å². The number of nitrogens with one attached hydrogen (secondary N) is 1. The Bertz CT molecular complexity index is 290. The Morgan fingerprint density at radius 1 is 1.53 bits per heavy atom. The van der Waals surface area contributed by atoms with Crippen LogP contribution in [-0.2, 0) is 9.59 Å². The number of hydrogen-bond donors (Lipinski definition) is 2. The fourth-order valence-electron chi connectivity index (χ4n) is 2.33. The zero-order valence-electron chi connectivity index (χ0n) is 8.77. The molecule has 2 N–H and O–H groups in total. The number of aliphatic hydroxyl groups is 1. The van der Waals surface area contributed by atoms with Crippen molar-refractivity contribution in [3.05, 3.63) is 0 Å². The Morgan fingerprint density at radius 2 is 2.27 bits per heavy atom. The highest BCUT2D eigenvalue weighted by Gasteiger charge is 2.39. The molecule has 2 fully saturated rings. The molecule has 2 aliphatic heterocycles. The number of hydrogen-bond acceptors (Lipinski definition) is 4. The Labute approximate surface area is 88.4 Å². The van der Waals surface area contributed by atoms with Gasteiger partial charge in [0.25, 0.3) is 0 Å². The lowest BCUT2D eigenvalue weighted by molar-refractivity contribution is -0.126. The molecular weight excluding hydrogens is 196 g/mol.